The number of hydrogen-bond acceptors (Lipinski definition) is 8. The van der Waals surface area contributed by atoms with Crippen molar-refractivity contribution in [1.29, 1.82) is 0 Å². The summed E-state index contributed by atoms with van der Waals surface area (Å²) >= 11 is 6.04. The molecule has 0 aliphatic carbocycles. The van der Waals surface area contributed by atoms with E-state index < -0.39 is 24.2 Å². The van der Waals surface area contributed by atoms with Gasteiger partial charge in [-0.2, -0.15) is 0 Å². The maximum atomic E-state index is 14.3. The molecule has 0 spiro atoms. The van der Waals surface area contributed by atoms with Crippen molar-refractivity contribution in [1.82, 2.24) is 25.6 Å². The lowest BCUT2D eigenvalue weighted by molar-refractivity contribution is -0.153. The Hall–Kier alpha value is -3.38. The molecule has 12 heteroatoms. The summed E-state index contributed by atoms with van der Waals surface area (Å²) in [7, 11) is 0. The first-order valence-electron chi connectivity index (χ1n) is 12.7. The maximum Gasteiger partial charge on any atom is 0.310 e. The number of hydrogen-bond donors (Lipinski definition) is 4. The Balaban J connectivity index is 1.51. The van der Waals surface area contributed by atoms with Gasteiger partial charge in [-0.25, -0.2) is 4.39 Å². The quantitative estimate of drug-likeness (QED) is 0.196. The molecule has 0 radical (unpaired) electrons. The lowest BCUT2D eigenvalue weighted by atomic mass is 9.91. The molecule has 4 rings (SSSR count). The molecule has 1 amide bonds. The van der Waals surface area contributed by atoms with Crippen molar-refractivity contribution in [3.05, 3.63) is 70.8 Å². The number of esters is 1. The molecule has 1 saturated heterocycles. The molecule has 0 unspecified atom stereocenters. The summed E-state index contributed by atoms with van der Waals surface area (Å²) in [5, 5.41) is 31.9. The van der Waals surface area contributed by atoms with Crippen molar-refractivity contribution >= 4 is 23.5 Å². The Labute approximate surface area is 230 Å². The summed E-state index contributed by atoms with van der Waals surface area (Å²) < 4.78 is 19.6. The zero-order valence-corrected chi connectivity index (χ0v) is 22.1. The third kappa shape index (κ3) is 7.60. The Morgan fingerprint density at radius 1 is 1.23 bits per heavy atom. The zero-order chi connectivity index (χ0) is 27.9. The van der Waals surface area contributed by atoms with E-state index in [1.54, 1.807) is 25.1 Å². The van der Waals surface area contributed by atoms with Gasteiger partial charge in [-0.1, -0.05) is 41.1 Å². The molecule has 2 atom stereocenters. The van der Waals surface area contributed by atoms with Gasteiger partial charge < -0.3 is 25.2 Å². The van der Waals surface area contributed by atoms with Gasteiger partial charge in [-0.3, -0.25) is 14.7 Å². The molecule has 3 aromatic rings. The molecule has 2 heterocycles. The van der Waals surface area contributed by atoms with Crippen LogP contribution in [0.4, 0.5) is 4.39 Å². The maximum absolute atomic E-state index is 14.3. The number of aromatic nitrogens is 3. The number of carbonyl (C=O) groups excluding carboxylic acids is 2. The molecule has 0 bridgehead atoms. The van der Waals surface area contributed by atoms with E-state index in [0.717, 1.165) is 5.56 Å². The molecule has 10 nitrogen and oxygen atoms in total. The first-order chi connectivity index (χ1) is 18.7. The third-order valence-electron chi connectivity index (χ3n) is 6.74. The highest BCUT2D eigenvalue weighted by molar-refractivity contribution is 6.30. The van der Waals surface area contributed by atoms with Crippen molar-refractivity contribution in [2.24, 2.45) is 11.8 Å². The zero-order valence-electron chi connectivity index (χ0n) is 21.4. The number of benzene rings is 2. The molecular weight excluding hydrogens is 529 g/mol. The highest BCUT2D eigenvalue weighted by atomic mass is 35.5. The predicted molar refractivity (Wildman–Crippen MR) is 141 cm³/mol. The van der Waals surface area contributed by atoms with Crippen LogP contribution in [0, 0.1) is 17.7 Å². The van der Waals surface area contributed by atoms with E-state index in [1.807, 2.05) is 17.0 Å². The van der Waals surface area contributed by atoms with Crippen molar-refractivity contribution < 1.29 is 28.9 Å². The SMILES string of the molecule is CCOC(=O)[C@@H](C[C@@H](Cc1ccc(-c2cc(Cl)ccc2F)cc1)NC(=O)c1cnn[nH]1)CN1CC(C(O)O)C1. The smallest absolute Gasteiger partial charge is 0.310 e. The molecule has 0 saturated carbocycles. The van der Waals surface area contributed by atoms with E-state index in [2.05, 4.69) is 20.7 Å². The highest BCUT2D eigenvalue weighted by Crippen LogP contribution is 2.27. The number of nitrogens with zero attached hydrogens (tertiary/aromatic N) is 3. The molecule has 1 aliphatic heterocycles. The summed E-state index contributed by atoms with van der Waals surface area (Å²) in [6, 6.07) is 11.2. The molecule has 1 aliphatic rings. The number of aliphatic hydroxyl groups is 2. The molecule has 1 aromatic heterocycles. The summed E-state index contributed by atoms with van der Waals surface area (Å²) in [5.41, 5.74) is 2.09. The lowest BCUT2D eigenvalue weighted by Gasteiger charge is -2.41. The normalized spacial score (nSPS) is 15.5. The minimum atomic E-state index is -1.40. The molecule has 39 heavy (non-hydrogen) atoms. The number of carbonyl (C=O) groups is 2. The fourth-order valence-electron chi connectivity index (χ4n) is 4.70. The predicted octanol–water partition coefficient (Wildman–Crippen LogP) is 2.42. The summed E-state index contributed by atoms with van der Waals surface area (Å²) in [6.07, 6.45) is 0.573. The summed E-state index contributed by atoms with van der Waals surface area (Å²) in [4.78, 5) is 27.7. The number of amides is 1. The van der Waals surface area contributed by atoms with Gasteiger partial charge in [0.2, 0.25) is 0 Å². The molecule has 1 fully saturated rings. The largest absolute Gasteiger partial charge is 0.466 e. The van der Waals surface area contributed by atoms with Gasteiger partial charge in [0.05, 0.1) is 18.7 Å². The topological polar surface area (TPSA) is 141 Å². The molecule has 208 valence electrons. The number of rotatable bonds is 12. The van der Waals surface area contributed by atoms with Crippen LogP contribution in [0.1, 0.15) is 29.4 Å². The first-order valence-corrected chi connectivity index (χ1v) is 13.1. The van der Waals surface area contributed by atoms with Crippen molar-refractivity contribution in [2.45, 2.75) is 32.1 Å². The minimum Gasteiger partial charge on any atom is -0.466 e. The highest BCUT2D eigenvalue weighted by Gasteiger charge is 2.36. The average Bonchev–Trinajstić information content (AvgIpc) is 3.42. The number of aliphatic hydroxyl groups excluding tert-OH is 1. The standard InChI is InChI=1S/C27H31ClFN5O5/c1-2-39-27(38)18(13-34-14-19(15-34)26(36)37)10-21(31-25(35)24-12-30-33-32-24)9-16-3-5-17(6-4-16)22-11-20(28)7-8-23(22)29/h3-8,11-12,18-19,21,26,36-37H,2,9-10,13-15H2,1H3,(H,31,35)(H,30,32,33)/t18-,21+/m0/s1. The van der Waals surface area contributed by atoms with Crippen molar-refractivity contribution in [2.75, 3.05) is 26.2 Å². The van der Waals surface area contributed by atoms with Crippen LogP contribution in [0.25, 0.3) is 11.1 Å². The van der Waals surface area contributed by atoms with Gasteiger partial charge in [0, 0.05) is 42.2 Å². The van der Waals surface area contributed by atoms with E-state index >= 15 is 0 Å². The van der Waals surface area contributed by atoms with Gasteiger partial charge in [0.15, 0.2) is 6.29 Å². The minimum absolute atomic E-state index is 0.182. The number of aromatic amines is 1. The molecule has 4 N–H and O–H groups in total. The van der Waals surface area contributed by atoms with Gasteiger partial charge >= 0.3 is 5.97 Å². The number of likely N-dealkylation sites (tertiary alicyclic amines) is 1. The molecular formula is C27H31ClFN5O5. The van der Waals surface area contributed by atoms with Crippen LogP contribution < -0.4 is 5.32 Å². The summed E-state index contributed by atoms with van der Waals surface area (Å²) in [6.45, 7) is 3.20. The van der Waals surface area contributed by atoms with Crippen LogP contribution in [0.5, 0.6) is 0 Å². The van der Waals surface area contributed by atoms with Crippen LogP contribution in [0.15, 0.2) is 48.7 Å². The Bertz CT molecular complexity index is 1250. The van der Waals surface area contributed by atoms with E-state index in [4.69, 9.17) is 16.3 Å². The van der Waals surface area contributed by atoms with E-state index in [-0.39, 0.29) is 36.4 Å². The summed E-state index contributed by atoms with van der Waals surface area (Å²) in [5.74, 6) is -2.02. The Morgan fingerprint density at radius 3 is 2.62 bits per heavy atom. The number of ether oxygens (including phenoxy) is 1. The number of nitrogens with one attached hydrogen (secondary N) is 2. The van der Waals surface area contributed by atoms with E-state index in [1.165, 1.54) is 18.3 Å². The lowest BCUT2D eigenvalue weighted by Crippen LogP contribution is -2.54. The van der Waals surface area contributed by atoms with Crippen LogP contribution in [0.3, 0.4) is 0 Å². The second-order valence-corrected chi connectivity index (χ2v) is 10.1. The first kappa shape index (κ1) is 28.6. The second kappa shape index (κ2) is 13.1. The Kier molecular flexibility index (Phi) is 9.63. The number of halogens is 2. The van der Waals surface area contributed by atoms with Crippen LogP contribution in [-0.2, 0) is 16.0 Å². The molecule has 2 aromatic carbocycles. The van der Waals surface area contributed by atoms with Gasteiger partial charge in [0.1, 0.15) is 11.5 Å². The fourth-order valence-corrected chi connectivity index (χ4v) is 4.87. The van der Waals surface area contributed by atoms with E-state index in [9.17, 15) is 24.2 Å². The van der Waals surface area contributed by atoms with Crippen molar-refractivity contribution in [3.63, 3.8) is 0 Å². The van der Waals surface area contributed by atoms with Gasteiger partial charge in [0.25, 0.3) is 5.91 Å². The van der Waals surface area contributed by atoms with Gasteiger partial charge in [-0.05, 0) is 49.1 Å². The van der Waals surface area contributed by atoms with Crippen LogP contribution >= 0.6 is 11.6 Å². The third-order valence-corrected chi connectivity index (χ3v) is 6.98. The average molecular weight is 560 g/mol. The Morgan fingerprint density at radius 2 is 1.97 bits per heavy atom. The second-order valence-electron chi connectivity index (χ2n) is 9.64. The fraction of sp³-hybridized carbons (Fsp3) is 0.407. The van der Waals surface area contributed by atoms with Crippen molar-refractivity contribution in [3.8, 4) is 11.1 Å². The van der Waals surface area contributed by atoms with E-state index in [0.29, 0.717) is 42.2 Å². The monoisotopic (exact) mass is 559 g/mol. The number of H-pyrrole nitrogens is 1. The van der Waals surface area contributed by atoms with Crippen LogP contribution in [-0.4, -0.2) is 81.0 Å². The van der Waals surface area contributed by atoms with Gasteiger partial charge in [-0.15, -0.1) is 5.10 Å². The van der Waals surface area contributed by atoms with Crippen LogP contribution in [0.2, 0.25) is 5.02 Å².